The predicted molar refractivity (Wildman–Crippen MR) is 65.0 cm³/mol. The molecule has 0 fully saturated rings. The van der Waals surface area contributed by atoms with Crippen molar-refractivity contribution in [1.82, 2.24) is 0 Å². The molecule has 0 bridgehead atoms. The van der Waals surface area contributed by atoms with Crippen LogP contribution in [0.5, 0.6) is 0 Å². The van der Waals surface area contributed by atoms with E-state index in [4.69, 9.17) is 0 Å². The van der Waals surface area contributed by atoms with Crippen molar-refractivity contribution in [3.05, 3.63) is 35.2 Å². The van der Waals surface area contributed by atoms with Crippen molar-refractivity contribution in [2.24, 2.45) is 0 Å². The molecule has 0 aliphatic heterocycles. The van der Waals surface area contributed by atoms with Gasteiger partial charge in [-0.15, -0.1) is 11.3 Å². The molecule has 1 aromatic carbocycles. The fraction of sp³-hybridized carbons (Fsp3) is 0.273. The average molecular weight is 240 g/mol. The molecule has 0 aliphatic carbocycles. The van der Waals surface area contributed by atoms with Crippen molar-refractivity contribution in [3.8, 4) is 0 Å². The Balaban J connectivity index is 2.38. The van der Waals surface area contributed by atoms with E-state index in [0.717, 1.165) is 15.0 Å². The van der Waals surface area contributed by atoms with E-state index in [-0.39, 0.29) is 11.5 Å². The molecule has 0 unspecified atom stereocenters. The van der Waals surface area contributed by atoms with Crippen LogP contribution in [-0.2, 0) is 15.6 Å². The Morgan fingerprint density at radius 3 is 2.67 bits per heavy atom. The summed E-state index contributed by atoms with van der Waals surface area (Å²) in [5.74, 6) is 0.379. The van der Waals surface area contributed by atoms with Crippen LogP contribution in [0.2, 0.25) is 0 Å². The monoisotopic (exact) mass is 240 g/mol. The summed E-state index contributed by atoms with van der Waals surface area (Å²) in [6, 6.07) is 9.92. The topological polar surface area (TPSA) is 34.1 Å². The first-order chi connectivity index (χ1) is 7.11. The minimum absolute atomic E-state index is 0.169. The highest BCUT2D eigenvalue weighted by molar-refractivity contribution is 7.90. The average Bonchev–Trinajstić information content (AvgIpc) is 2.58. The van der Waals surface area contributed by atoms with Crippen LogP contribution < -0.4 is 0 Å². The fourth-order valence-electron chi connectivity index (χ4n) is 1.43. The van der Waals surface area contributed by atoms with Crippen LogP contribution in [0, 0.1) is 0 Å². The molecule has 1 aromatic heterocycles. The van der Waals surface area contributed by atoms with Gasteiger partial charge in [-0.25, -0.2) is 8.42 Å². The second-order valence-corrected chi connectivity index (χ2v) is 6.95. The third kappa shape index (κ3) is 2.38. The largest absolute Gasteiger partial charge is 0.228 e. The van der Waals surface area contributed by atoms with E-state index in [2.05, 4.69) is 0 Å². The van der Waals surface area contributed by atoms with Crippen molar-refractivity contribution in [2.75, 3.05) is 5.75 Å². The van der Waals surface area contributed by atoms with Gasteiger partial charge >= 0.3 is 0 Å². The summed E-state index contributed by atoms with van der Waals surface area (Å²) in [6.07, 6.45) is 0. The molecule has 2 nitrogen and oxygen atoms in total. The second-order valence-electron chi connectivity index (χ2n) is 3.43. The number of benzene rings is 1. The van der Waals surface area contributed by atoms with E-state index in [9.17, 15) is 8.42 Å². The maximum Gasteiger partial charge on any atom is 0.154 e. The molecule has 0 amide bonds. The Kier molecular flexibility index (Phi) is 2.80. The zero-order chi connectivity index (χ0) is 10.9. The first-order valence-corrected chi connectivity index (χ1v) is 7.42. The maximum absolute atomic E-state index is 11.5. The van der Waals surface area contributed by atoms with Gasteiger partial charge in [-0.05, 0) is 17.5 Å². The molecule has 0 aliphatic rings. The lowest BCUT2D eigenvalue weighted by Crippen LogP contribution is -2.04. The molecule has 0 saturated heterocycles. The number of rotatable bonds is 3. The Morgan fingerprint density at radius 1 is 1.27 bits per heavy atom. The number of fused-ring (bicyclic) bond motifs is 1. The standard InChI is InChI=1S/C11H12O2S2/c1-2-15(12,13)8-10-7-9-5-3-4-6-11(9)14-10/h3-7H,2,8H2,1H3. The lowest BCUT2D eigenvalue weighted by molar-refractivity contribution is 0.597. The number of sulfone groups is 1. The minimum atomic E-state index is -2.91. The summed E-state index contributed by atoms with van der Waals surface area (Å²) in [5, 5.41) is 1.13. The van der Waals surface area contributed by atoms with Gasteiger partial charge in [0.05, 0.1) is 5.75 Å². The second kappa shape index (κ2) is 3.94. The number of hydrogen-bond acceptors (Lipinski definition) is 3. The first kappa shape index (κ1) is 10.6. The number of thiophene rings is 1. The van der Waals surface area contributed by atoms with Gasteiger partial charge in [-0.3, -0.25) is 0 Å². The summed E-state index contributed by atoms with van der Waals surface area (Å²) in [6.45, 7) is 1.68. The summed E-state index contributed by atoms with van der Waals surface area (Å²) in [4.78, 5) is 0.929. The van der Waals surface area contributed by atoms with Gasteiger partial charge in [-0.2, -0.15) is 0 Å². The molecule has 0 spiro atoms. The Morgan fingerprint density at radius 2 is 2.00 bits per heavy atom. The van der Waals surface area contributed by atoms with Crippen molar-refractivity contribution in [2.45, 2.75) is 12.7 Å². The quantitative estimate of drug-likeness (QED) is 0.826. The zero-order valence-electron chi connectivity index (χ0n) is 8.43. The van der Waals surface area contributed by atoms with Crippen LogP contribution in [0.3, 0.4) is 0 Å². The molecule has 2 aromatic rings. The van der Waals surface area contributed by atoms with Crippen LogP contribution in [0.15, 0.2) is 30.3 Å². The maximum atomic E-state index is 11.5. The molecule has 0 N–H and O–H groups in total. The van der Waals surface area contributed by atoms with Crippen molar-refractivity contribution in [1.29, 1.82) is 0 Å². The molecule has 1 heterocycles. The van der Waals surface area contributed by atoms with Crippen LogP contribution in [-0.4, -0.2) is 14.2 Å². The molecule has 0 saturated carbocycles. The van der Waals surface area contributed by atoms with Crippen LogP contribution >= 0.6 is 11.3 Å². The van der Waals surface area contributed by atoms with E-state index in [1.54, 1.807) is 18.3 Å². The first-order valence-electron chi connectivity index (χ1n) is 4.78. The van der Waals surface area contributed by atoms with Gasteiger partial charge in [0, 0.05) is 15.3 Å². The minimum Gasteiger partial charge on any atom is -0.228 e. The summed E-state index contributed by atoms with van der Waals surface area (Å²) >= 11 is 1.56. The van der Waals surface area contributed by atoms with Gasteiger partial charge in [0.15, 0.2) is 9.84 Å². The molecule has 80 valence electrons. The van der Waals surface area contributed by atoms with Gasteiger partial charge in [0.1, 0.15) is 0 Å². The van der Waals surface area contributed by atoms with E-state index in [1.807, 2.05) is 30.3 Å². The molecule has 15 heavy (non-hydrogen) atoms. The SMILES string of the molecule is CCS(=O)(=O)Cc1cc2ccccc2s1. The lowest BCUT2D eigenvalue weighted by Gasteiger charge is -1.96. The summed E-state index contributed by atoms with van der Waals surface area (Å²) in [5.41, 5.74) is 0. The van der Waals surface area contributed by atoms with Crippen LogP contribution in [0.1, 0.15) is 11.8 Å². The van der Waals surface area contributed by atoms with E-state index < -0.39 is 9.84 Å². The van der Waals surface area contributed by atoms with Crippen LogP contribution in [0.25, 0.3) is 10.1 Å². The smallest absolute Gasteiger partial charge is 0.154 e. The highest BCUT2D eigenvalue weighted by Crippen LogP contribution is 2.26. The molecule has 4 heteroatoms. The molecular formula is C11H12O2S2. The van der Waals surface area contributed by atoms with E-state index in [1.165, 1.54) is 0 Å². The Hall–Kier alpha value is -0.870. The van der Waals surface area contributed by atoms with Gasteiger partial charge in [-0.1, -0.05) is 25.1 Å². The highest BCUT2D eigenvalue weighted by Gasteiger charge is 2.11. The van der Waals surface area contributed by atoms with Crippen LogP contribution in [0.4, 0.5) is 0 Å². The number of hydrogen-bond donors (Lipinski definition) is 0. The molecule has 2 rings (SSSR count). The third-order valence-corrected chi connectivity index (χ3v) is 5.21. The fourth-order valence-corrected chi connectivity index (χ4v) is 3.78. The highest BCUT2D eigenvalue weighted by atomic mass is 32.2. The predicted octanol–water partition coefficient (Wildman–Crippen LogP) is 2.84. The van der Waals surface area contributed by atoms with E-state index >= 15 is 0 Å². The normalized spacial score (nSPS) is 12.1. The van der Waals surface area contributed by atoms with Crippen molar-refractivity contribution in [3.63, 3.8) is 0 Å². The molecular weight excluding hydrogens is 228 g/mol. The Labute approximate surface area is 93.5 Å². The van der Waals surface area contributed by atoms with Crippen molar-refractivity contribution < 1.29 is 8.42 Å². The summed E-state index contributed by atoms with van der Waals surface area (Å²) < 4.78 is 24.1. The molecule has 0 radical (unpaired) electrons. The van der Waals surface area contributed by atoms with Gasteiger partial charge < -0.3 is 0 Å². The zero-order valence-corrected chi connectivity index (χ0v) is 10.1. The lowest BCUT2D eigenvalue weighted by atomic mass is 10.2. The van der Waals surface area contributed by atoms with Gasteiger partial charge in [0.25, 0.3) is 0 Å². The Bertz CT molecular complexity index is 534. The van der Waals surface area contributed by atoms with Crippen molar-refractivity contribution >= 4 is 31.3 Å². The summed E-state index contributed by atoms with van der Waals surface area (Å²) in [7, 11) is -2.91. The molecule has 0 atom stereocenters. The van der Waals surface area contributed by atoms with Gasteiger partial charge in [0.2, 0.25) is 0 Å². The third-order valence-electron chi connectivity index (χ3n) is 2.28. The van der Waals surface area contributed by atoms with E-state index in [0.29, 0.717) is 0 Å².